The summed E-state index contributed by atoms with van der Waals surface area (Å²) in [5.74, 6) is -0.0775. The highest BCUT2D eigenvalue weighted by atomic mass is 32.2. The molecule has 2 unspecified atom stereocenters. The van der Waals surface area contributed by atoms with Crippen LogP contribution in [0.3, 0.4) is 0 Å². The SMILES string of the molecule is C=CCn1c(SC(C)C(=O)NC(C)c2ccccc2)nc2sc3c(c2c1=O)CCCC3. The number of nitrogens with one attached hydrogen (secondary N) is 1. The lowest BCUT2D eigenvalue weighted by atomic mass is 9.97. The van der Waals surface area contributed by atoms with Gasteiger partial charge in [0, 0.05) is 11.4 Å². The molecule has 0 spiro atoms. The van der Waals surface area contributed by atoms with Gasteiger partial charge in [0.2, 0.25) is 5.91 Å². The van der Waals surface area contributed by atoms with E-state index in [1.54, 1.807) is 22.0 Å². The number of allylic oxidation sites excluding steroid dienone is 1. The number of hydrogen-bond donors (Lipinski definition) is 1. The topological polar surface area (TPSA) is 64.0 Å². The molecule has 2 atom stereocenters. The van der Waals surface area contributed by atoms with Crippen molar-refractivity contribution in [3.8, 4) is 0 Å². The Bertz CT molecular complexity index is 1170. The fraction of sp³-hybridized carbons (Fsp3) is 0.375. The van der Waals surface area contributed by atoms with Crippen molar-refractivity contribution in [3.63, 3.8) is 0 Å². The van der Waals surface area contributed by atoms with E-state index < -0.39 is 0 Å². The second kappa shape index (κ2) is 9.40. The van der Waals surface area contributed by atoms with Crippen LogP contribution in [0.15, 0.2) is 52.9 Å². The van der Waals surface area contributed by atoms with Gasteiger partial charge in [0.1, 0.15) is 4.83 Å². The monoisotopic (exact) mass is 453 g/mol. The molecule has 4 rings (SSSR count). The quantitative estimate of drug-likeness (QED) is 0.315. The Hall–Kier alpha value is -2.38. The van der Waals surface area contributed by atoms with Gasteiger partial charge < -0.3 is 5.32 Å². The van der Waals surface area contributed by atoms with Crippen LogP contribution in [0, 0.1) is 0 Å². The molecular formula is C24H27N3O2S2. The Morgan fingerprint density at radius 1 is 1.29 bits per heavy atom. The van der Waals surface area contributed by atoms with Crippen LogP contribution in [-0.2, 0) is 24.2 Å². The van der Waals surface area contributed by atoms with Gasteiger partial charge in [-0.1, -0.05) is 48.2 Å². The Morgan fingerprint density at radius 3 is 2.77 bits per heavy atom. The second-order valence-electron chi connectivity index (χ2n) is 7.89. The van der Waals surface area contributed by atoms with Gasteiger partial charge in [-0.25, -0.2) is 4.98 Å². The largest absolute Gasteiger partial charge is 0.349 e. The number of benzene rings is 1. The lowest BCUT2D eigenvalue weighted by Gasteiger charge is -2.18. The van der Waals surface area contributed by atoms with E-state index in [0.717, 1.165) is 35.0 Å². The van der Waals surface area contributed by atoms with Crippen molar-refractivity contribution in [2.45, 2.75) is 62.5 Å². The molecule has 0 aliphatic heterocycles. The number of aromatic nitrogens is 2. The Morgan fingerprint density at radius 2 is 2.03 bits per heavy atom. The fourth-order valence-electron chi connectivity index (χ4n) is 3.97. The molecule has 7 heteroatoms. The lowest BCUT2D eigenvalue weighted by Crippen LogP contribution is -2.34. The average molecular weight is 454 g/mol. The van der Waals surface area contributed by atoms with E-state index >= 15 is 0 Å². The number of amides is 1. The minimum Gasteiger partial charge on any atom is -0.349 e. The van der Waals surface area contributed by atoms with Gasteiger partial charge in [-0.2, -0.15) is 0 Å². The van der Waals surface area contributed by atoms with Crippen LogP contribution in [0.1, 0.15) is 48.7 Å². The Labute approximate surface area is 190 Å². The molecular weight excluding hydrogens is 426 g/mol. The Balaban J connectivity index is 1.61. The molecule has 0 saturated heterocycles. The summed E-state index contributed by atoms with van der Waals surface area (Å²) in [6.45, 7) is 8.01. The number of thioether (sulfide) groups is 1. The first-order chi connectivity index (χ1) is 15.0. The van der Waals surface area contributed by atoms with Crippen molar-refractivity contribution in [3.05, 3.63) is 69.3 Å². The van der Waals surface area contributed by atoms with Crippen LogP contribution < -0.4 is 10.9 Å². The van der Waals surface area contributed by atoms with E-state index in [4.69, 9.17) is 4.98 Å². The summed E-state index contributed by atoms with van der Waals surface area (Å²) in [4.78, 5) is 33.1. The van der Waals surface area contributed by atoms with E-state index in [0.29, 0.717) is 11.7 Å². The predicted octanol–water partition coefficient (Wildman–Crippen LogP) is 4.88. The third-order valence-corrected chi connectivity index (χ3v) is 7.94. The van der Waals surface area contributed by atoms with Crippen LogP contribution in [-0.4, -0.2) is 20.7 Å². The second-order valence-corrected chi connectivity index (χ2v) is 10.3. The number of carbonyl (C=O) groups excluding carboxylic acids is 1. The molecule has 2 heterocycles. The zero-order chi connectivity index (χ0) is 22.0. The smallest absolute Gasteiger partial charge is 0.263 e. The molecule has 1 N–H and O–H groups in total. The van der Waals surface area contributed by atoms with Crippen molar-refractivity contribution < 1.29 is 4.79 Å². The van der Waals surface area contributed by atoms with Gasteiger partial charge in [-0.15, -0.1) is 17.9 Å². The van der Waals surface area contributed by atoms with Gasteiger partial charge in [0.05, 0.1) is 16.7 Å². The van der Waals surface area contributed by atoms with Crippen LogP contribution in [0.4, 0.5) is 0 Å². The van der Waals surface area contributed by atoms with Crippen molar-refractivity contribution >= 4 is 39.2 Å². The molecule has 31 heavy (non-hydrogen) atoms. The van der Waals surface area contributed by atoms with Crippen molar-refractivity contribution in [1.29, 1.82) is 0 Å². The number of carbonyl (C=O) groups is 1. The summed E-state index contributed by atoms with van der Waals surface area (Å²) in [7, 11) is 0. The first-order valence-corrected chi connectivity index (χ1v) is 12.4. The molecule has 0 radical (unpaired) electrons. The van der Waals surface area contributed by atoms with Crippen LogP contribution in [0.25, 0.3) is 10.2 Å². The number of thiophene rings is 1. The molecule has 1 aliphatic rings. The average Bonchev–Trinajstić information content (AvgIpc) is 3.15. The summed E-state index contributed by atoms with van der Waals surface area (Å²) in [5, 5.41) is 4.02. The van der Waals surface area contributed by atoms with E-state index in [1.165, 1.54) is 28.6 Å². The van der Waals surface area contributed by atoms with Gasteiger partial charge in [0.25, 0.3) is 5.56 Å². The van der Waals surface area contributed by atoms with E-state index in [2.05, 4.69) is 11.9 Å². The number of aryl methyl sites for hydroxylation is 2. The van der Waals surface area contributed by atoms with Crippen molar-refractivity contribution in [1.82, 2.24) is 14.9 Å². The van der Waals surface area contributed by atoms with Gasteiger partial charge in [-0.3, -0.25) is 14.2 Å². The third-order valence-electron chi connectivity index (χ3n) is 5.66. The highest BCUT2D eigenvalue weighted by Gasteiger charge is 2.24. The summed E-state index contributed by atoms with van der Waals surface area (Å²) in [6.07, 6.45) is 5.96. The first-order valence-electron chi connectivity index (χ1n) is 10.7. The van der Waals surface area contributed by atoms with Gasteiger partial charge in [0.15, 0.2) is 5.16 Å². The molecule has 0 bridgehead atoms. The summed E-state index contributed by atoms with van der Waals surface area (Å²) < 4.78 is 1.66. The van der Waals surface area contributed by atoms with E-state index in [1.807, 2.05) is 44.2 Å². The summed E-state index contributed by atoms with van der Waals surface area (Å²) >= 11 is 2.96. The number of nitrogens with zero attached hydrogens (tertiary/aromatic N) is 2. The fourth-order valence-corrected chi connectivity index (χ4v) is 6.20. The van der Waals surface area contributed by atoms with Crippen molar-refractivity contribution in [2.75, 3.05) is 0 Å². The zero-order valence-electron chi connectivity index (χ0n) is 17.9. The number of hydrogen-bond acceptors (Lipinski definition) is 5. The van der Waals surface area contributed by atoms with Gasteiger partial charge >= 0.3 is 0 Å². The van der Waals surface area contributed by atoms with Crippen molar-refractivity contribution in [2.24, 2.45) is 0 Å². The highest BCUT2D eigenvalue weighted by molar-refractivity contribution is 8.00. The normalized spacial score (nSPS) is 15.3. The minimum absolute atomic E-state index is 0.0166. The van der Waals surface area contributed by atoms with E-state index in [-0.39, 0.29) is 22.8 Å². The number of fused-ring (bicyclic) bond motifs is 3. The molecule has 1 aliphatic carbocycles. The standard InChI is InChI=1S/C24H27N3O2S2/c1-4-14-27-23(29)20-18-12-8-9-13-19(18)31-22(20)26-24(27)30-16(3)21(28)25-15(2)17-10-6-5-7-11-17/h4-7,10-11,15-16H,1,8-9,12-14H2,2-3H3,(H,25,28). The molecule has 1 aromatic carbocycles. The summed E-state index contributed by atoms with van der Waals surface area (Å²) in [6, 6.07) is 9.79. The molecule has 3 aromatic rings. The molecule has 1 amide bonds. The Kier molecular flexibility index (Phi) is 6.62. The third kappa shape index (κ3) is 4.48. The van der Waals surface area contributed by atoms with E-state index in [9.17, 15) is 9.59 Å². The maximum absolute atomic E-state index is 13.4. The van der Waals surface area contributed by atoms with Crippen LogP contribution in [0.5, 0.6) is 0 Å². The number of rotatable bonds is 7. The molecule has 5 nitrogen and oxygen atoms in total. The predicted molar refractivity (Wildman–Crippen MR) is 129 cm³/mol. The van der Waals surface area contributed by atoms with Crippen LogP contribution >= 0.6 is 23.1 Å². The zero-order valence-corrected chi connectivity index (χ0v) is 19.5. The molecule has 162 valence electrons. The highest BCUT2D eigenvalue weighted by Crippen LogP contribution is 2.35. The maximum atomic E-state index is 13.4. The molecule has 2 aromatic heterocycles. The summed E-state index contributed by atoms with van der Waals surface area (Å²) in [5.41, 5.74) is 2.22. The first kappa shape index (κ1) is 21.8. The van der Waals surface area contributed by atoms with Crippen LogP contribution in [0.2, 0.25) is 0 Å². The molecule has 0 saturated carbocycles. The molecule has 0 fully saturated rings. The van der Waals surface area contributed by atoms with Gasteiger partial charge in [-0.05, 0) is 50.7 Å². The maximum Gasteiger partial charge on any atom is 0.263 e. The minimum atomic E-state index is -0.388. The lowest BCUT2D eigenvalue weighted by molar-refractivity contribution is -0.120.